The van der Waals surface area contributed by atoms with Gasteiger partial charge in [0.2, 0.25) is 0 Å². The molecule has 0 spiro atoms. The smallest absolute Gasteiger partial charge is 0.339 e. The van der Waals surface area contributed by atoms with Gasteiger partial charge in [0.05, 0.1) is 13.2 Å². The topological polar surface area (TPSA) is 39.4 Å². The van der Waals surface area contributed by atoms with Gasteiger partial charge in [-0.15, -0.1) is 0 Å². The van der Waals surface area contributed by atoms with Gasteiger partial charge in [-0.25, -0.2) is 4.79 Å². The first-order valence-electron chi connectivity index (χ1n) is 8.39. The predicted molar refractivity (Wildman–Crippen MR) is 94.7 cm³/mol. The highest BCUT2D eigenvalue weighted by molar-refractivity contribution is 5.48. The average molecular weight is 316 g/mol. The molecule has 1 aliphatic rings. The molecule has 2 atom stereocenters. The van der Waals surface area contributed by atoms with Crippen molar-refractivity contribution in [2.24, 2.45) is 11.3 Å². The van der Waals surface area contributed by atoms with E-state index in [1.165, 1.54) is 30.1 Å². The van der Waals surface area contributed by atoms with Gasteiger partial charge in [-0.05, 0) is 56.9 Å². The third-order valence-corrected chi connectivity index (χ3v) is 5.46. The van der Waals surface area contributed by atoms with Crippen molar-refractivity contribution in [2.75, 3.05) is 7.11 Å². The van der Waals surface area contributed by atoms with E-state index in [0.29, 0.717) is 17.4 Å². The lowest BCUT2D eigenvalue weighted by Crippen LogP contribution is -2.29. The molecule has 0 aromatic carbocycles. The molecule has 2 rings (SSSR count). The first kappa shape index (κ1) is 17.6. The molecule has 1 aromatic rings. The number of ether oxygens (including phenoxy) is 1. The molecule has 0 aliphatic heterocycles. The van der Waals surface area contributed by atoms with Gasteiger partial charge < -0.3 is 9.15 Å². The second-order valence-electron chi connectivity index (χ2n) is 6.99. The second kappa shape index (κ2) is 7.20. The van der Waals surface area contributed by atoms with Crippen LogP contribution < -0.4 is 10.4 Å². The van der Waals surface area contributed by atoms with Crippen LogP contribution in [-0.4, -0.2) is 7.11 Å². The first-order chi connectivity index (χ1) is 10.8. The fraction of sp³-hybridized carbons (Fsp3) is 0.550. The van der Waals surface area contributed by atoms with Gasteiger partial charge in [0.15, 0.2) is 0 Å². The molecule has 23 heavy (non-hydrogen) atoms. The van der Waals surface area contributed by atoms with Crippen molar-refractivity contribution in [2.45, 2.75) is 53.4 Å². The van der Waals surface area contributed by atoms with Crippen LogP contribution in [0.5, 0.6) is 5.75 Å². The molecule has 0 unspecified atom stereocenters. The molecule has 3 heteroatoms. The Kier molecular flexibility index (Phi) is 5.51. The quantitative estimate of drug-likeness (QED) is 0.700. The summed E-state index contributed by atoms with van der Waals surface area (Å²) in [6.07, 6.45) is 8.91. The molecule has 126 valence electrons. The summed E-state index contributed by atoms with van der Waals surface area (Å²) < 4.78 is 10.3. The number of hydrogen-bond acceptors (Lipinski definition) is 3. The maximum atomic E-state index is 11.5. The van der Waals surface area contributed by atoms with E-state index in [2.05, 4.69) is 33.8 Å². The highest BCUT2D eigenvalue weighted by Crippen LogP contribution is 2.45. The van der Waals surface area contributed by atoms with Gasteiger partial charge in [0, 0.05) is 6.07 Å². The van der Waals surface area contributed by atoms with Crippen molar-refractivity contribution in [1.29, 1.82) is 0 Å². The minimum Gasteiger partial charge on any atom is -0.496 e. The summed E-state index contributed by atoms with van der Waals surface area (Å²) in [6.45, 7) is 9.09. The summed E-state index contributed by atoms with van der Waals surface area (Å²) in [5, 5.41) is 0. The molecule has 0 bridgehead atoms. The largest absolute Gasteiger partial charge is 0.496 e. The Bertz CT molecular complexity index is 666. The van der Waals surface area contributed by atoms with Crippen LogP contribution in [0.1, 0.15) is 59.1 Å². The van der Waals surface area contributed by atoms with E-state index >= 15 is 0 Å². The lowest BCUT2D eigenvalue weighted by molar-refractivity contribution is 0.211. The third kappa shape index (κ3) is 4.15. The minimum absolute atomic E-state index is 0.266. The van der Waals surface area contributed by atoms with Crippen molar-refractivity contribution in [3.8, 4) is 5.75 Å². The fourth-order valence-corrected chi connectivity index (χ4v) is 3.37. The highest BCUT2D eigenvalue weighted by Gasteiger charge is 2.34. The molecule has 0 radical (unpaired) electrons. The minimum atomic E-state index is -0.380. The molecule has 3 nitrogen and oxygen atoms in total. The summed E-state index contributed by atoms with van der Waals surface area (Å²) in [5.41, 5.74) is 2.61. The fourth-order valence-electron chi connectivity index (χ4n) is 3.37. The Hall–Kier alpha value is -1.77. The Morgan fingerprint density at radius 3 is 2.87 bits per heavy atom. The zero-order chi connectivity index (χ0) is 17.0. The van der Waals surface area contributed by atoms with Gasteiger partial charge in [0.1, 0.15) is 11.5 Å². The van der Waals surface area contributed by atoms with Crippen LogP contribution in [0.25, 0.3) is 6.08 Å². The highest BCUT2D eigenvalue weighted by atomic mass is 16.5. The summed E-state index contributed by atoms with van der Waals surface area (Å²) in [6, 6.07) is 3.10. The lowest BCUT2D eigenvalue weighted by atomic mass is 9.65. The van der Waals surface area contributed by atoms with Crippen molar-refractivity contribution >= 4 is 6.08 Å². The molecular weight excluding hydrogens is 288 g/mol. The van der Waals surface area contributed by atoms with E-state index < -0.39 is 0 Å². The van der Waals surface area contributed by atoms with Crippen LogP contribution in [0, 0.1) is 11.3 Å². The van der Waals surface area contributed by atoms with Crippen LogP contribution in [0.4, 0.5) is 0 Å². The summed E-state index contributed by atoms with van der Waals surface area (Å²) >= 11 is 0. The molecule has 0 fully saturated rings. The van der Waals surface area contributed by atoms with Gasteiger partial charge in [-0.2, -0.15) is 0 Å². The summed E-state index contributed by atoms with van der Waals surface area (Å²) in [5.74, 6) is 1.79. The Balaban J connectivity index is 2.11. The molecule has 0 amide bonds. The van der Waals surface area contributed by atoms with Crippen molar-refractivity contribution < 1.29 is 9.15 Å². The number of methoxy groups -OCH3 is 1. The Morgan fingerprint density at radius 1 is 1.48 bits per heavy atom. The van der Waals surface area contributed by atoms with Gasteiger partial charge in [0.25, 0.3) is 0 Å². The zero-order valence-electron chi connectivity index (χ0n) is 14.9. The molecule has 1 aliphatic carbocycles. The van der Waals surface area contributed by atoms with Gasteiger partial charge >= 0.3 is 5.63 Å². The van der Waals surface area contributed by atoms with Crippen LogP contribution in [-0.2, 0) is 0 Å². The number of allylic oxidation sites excluding steroid dienone is 3. The van der Waals surface area contributed by atoms with Crippen LogP contribution in [0.15, 0.2) is 38.6 Å². The van der Waals surface area contributed by atoms with Crippen LogP contribution in [0.2, 0.25) is 0 Å². The van der Waals surface area contributed by atoms with E-state index in [4.69, 9.17) is 9.15 Å². The van der Waals surface area contributed by atoms with Crippen molar-refractivity contribution in [1.82, 2.24) is 0 Å². The van der Waals surface area contributed by atoms with Gasteiger partial charge in [-0.1, -0.05) is 31.1 Å². The predicted octanol–water partition coefficient (Wildman–Crippen LogP) is 5.21. The molecule has 1 aromatic heterocycles. The SMILES string of the molecule is COc1cc(/C=C(\C)CC[C@]2(C)C(C)=CCC[C@H]2C)oc(=O)c1. The Labute approximate surface area is 139 Å². The number of rotatable bonds is 5. The van der Waals surface area contributed by atoms with E-state index in [1.54, 1.807) is 13.2 Å². The van der Waals surface area contributed by atoms with Crippen LogP contribution >= 0.6 is 0 Å². The van der Waals surface area contributed by atoms with Crippen LogP contribution in [0.3, 0.4) is 0 Å². The average Bonchev–Trinajstić information content (AvgIpc) is 2.50. The van der Waals surface area contributed by atoms with Crippen molar-refractivity contribution in [3.05, 3.63) is 45.5 Å². The first-order valence-corrected chi connectivity index (χ1v) is 8.39. The third-order valence-electron chi connectivity index (χ3n) is 5.46. The summed E-state index contributed by atoms with van der Waals surface area (Å²) in [7, 11) is 1.55. The Morgan fingerprint density at radius 2 is 2.22 bits per heavy atom. The molecule has 1 heterocycles. The molecule has 0 saturated carbocycles. The number of hydrogen-bond donors (Lipinski definition) is 0. The van der Waals surface area contributed by atoms with Crippen molar-refractivity contribution in [3.63, 3.8) is 0 Å². The molecule has 0 saturated heterocycles. The normalized spacial score (nSPS) is 25.2. The van der Waals surface area contributed by atoms with E-state index in [0.717, 1.165) is 12.8 Å². The summed E-state index contributed by atoms with van der Waals surface area (Å²) in [4.78, 5) is 11.5. The van der Waals surface area contributed by atoms with E-state index in [1.807, 2.05) is 6.08 Å². The maximum absolute atomic E-state index is 11.5. The molecular formula is C20H28O3. The lowest BCUT2D eigenvalue weighted by Gasteiger charge is -2.40. The van der Waals surface area contributed by atoms with E-state index in [-0.39, 0.29) is 11.0 Å². The monoisotopic (exact) mass is 316 g/mol. The standard InChI is InChI=1S/C20H28O3/c1-14(11-18-12-17(22-5)13-19(21)23-18)9-10-20(4)15(2)7-6-8-16(20)3/h7,11-13,16H,6,8-10H2,1-5H3/b14-11+/t16-,20-/m1/s1. The second-order valence-corrected chi connectivity index (χ2v) is 6.99. The zero-order valence-corrected chi connectivity index (χ0v) is 14.9. The maximum Gasteiger partial charge on any atom is 0.339 e. The molecule has 0 N–H and O–H groups in total. The van der Waals surface area contributed by atoms with Gasteiger partial charge in [-0.3, -0.25) is 0 Å². The van der Waals surface area contributed by atoms with E-state index in [9.17, 15) is 4.79 Å².